The molecule has 1 heterocycles. The van der Waals surface area contributed by atoms with Gasteiger partial charge in [-0.1, -0.05) is 12.1 Å². The van der Waals surface area contributed by atoms with Crippen LogP contribution < -0.4 is 10.1 Å². The van der Waals surface area contributed by atoms with Gasteiger partial charge < -0.3 is 15.2 Å². The van der Waals surface area contributed by atoms with Crippen LogP contribution in [0.1, 0.15) is 51.0 Å². The first-order valence-electron chi connectivity index (χ1n) is 8.15. The van der Waals surface area contributed by atoms with E-state index in [-0.39, 0.29) is 23.2 Å². The Morgan fingerprint density at radius 3 is 2.40 bits per heavy atom. The number of carboxylic acid groups (broad SMARTS) is 1. The SMILES string of the molecule is COc1ccc(C(NC(=O)c2ccc(C(=O)O)c(C)n2)C2CC2)cc1. The number of aromatic carboxylic acids is 1. The molecule has 6 heteroatoms. The highest BCUT2D eigenvalue weighted by Crippen LogP contribution is 2.41. The number of rotatable bonds is 6. The van der Waals surface area contributed by atoms with Crippen molar-refractivity contribution in [3.05, 3.63) is 58.9 Å². The maximum atomic E-state index is 12.6. The van der Waals surface area contributed by atoms with E-state index >= 15 is 0 Å². The summed E-state index contributed by atoms with van der Waals surface area (Å²) in [6, 6.07) is 10.4. The van der Waals surface area contributed by atoms with Gasteiger partial charge in [0.1, 0.15) is 11.4 Å². The number of aromatic nitrogens is 1. The van der Waals surface area contributed by atoms with Gasteiger partial charge in [-0.05, 0) is 55.5 Å². The van der Waals surface area contributed by atoms with E-state index < -0.39 is 5.97 Å². The van der Waals surface area contributed by atoms with Gasteiger partial charge in [0.25, 0.3) is 5.91 Å². The van der Waals surface area contributed by atoms with E-state index in [2.05, 4.69) is 10.3 Å². The Hall–Kier alpha value is -2.89. The van der Waals surface area contributed by atoms with Crippen LogP contribution in [0.5, 0.6) is 5.75 Å². The predicted molar refractivity (Wildman–Crippen MR) is 91.9 cm³/mol. The molecule has 1 amide bonds. The average Bonchev–Trinajstić information content (AvgIpc) is 3.44. The van der Waals surface area contributed by atoms with Crippen molar-refractivity contribution in [3.63, 3.8) is 0 Å². The number of carboxylic acids is 1. The summed E-state index contributed by atoms with van der Waals surface area (Å²) < 4.78 is 5.17. The maximum absolute atomic E-state index is 12.6. The number of amides is 1. The highest BCUT2D eigenvalue weighted by atomic mass is 16.5. The monoisotopic (exact) mass is 340 g/mol. The van der Waals surface area contributed by atoms with Crippen LogP contribution in [0.2, 0.25) is 0 Å². The predicted octanol–water partition coefficient (Wildman–Crippen LogP) is 2.98. The number of benzene rings is 1. The van der Waals surface area contributed by atoms with E-state index in [0.717, 1.165) is 24.2 Å². The number of nitrogens with zero attached hydrogens (tertiary/aromatic N) is 1. The normalized spacial score (nSPS) is 14.6. The molecule has 1 aliphatic carbocycles. The summed E-state index contributed by atoms with van der Waals surface area (Å²) in [6.07, 6.45) is 2.14. The number of hydrogen-bond acceptors (Lipinski definition) is 4. The highest BCUT2D eigenvalue weighted by Gasteiger charge is 2.33. The topological polar surface area (TPSA) is 88.5 Å². The third kappa shape index (κ3) is 3.79. The summed E-state index contributed by atoms with van der Waals surface area (Å²) >= 11 is 0. The van der Waals surface area contributed by atoms with E-state index in [9.17, 15) is 9.59 Å². The number of aryl methyl sites for hydroxylation is 1. The standard InChI is InChI=1S/C19H20N2O4/c1-11-15(19(23)24)9-10-16(20-11)18(22)21-17(12-3-4-12)13-5-7-14(25-2)8-6-13/h5-10,12,17H,3-4H2,1-2H3,(H,21,22)(H,23,24). The molecule has 1 aliphatic rings. The lowest BCUT2D eigenvalue weighted by atomic mass is 10.0. The minimum Gasteiger partial charge on any atom is -0.497 e. The van der Waals surface area contributed by atoms with Crippen LogP contribution in [0, 0.1) is 12.8 Å². The van der Waals surface area contributed by atoms with Crippen molar-refractivity contribution >= 4 is 11.9 Å². The van der Waals surface area contributed by atoms with Crippen LogP contribution in [0.3, 0.4) is 0 Å². The zero-order valence-electron chi connectivity index (χ0n) is 14.2. The number of nitrogens with one attached hydrogen (secondary N) is 1. The van der Waals surface area contributed by atoms with Gasteiger partial charge in [-0.25, -0.2) is 9.78 Å². The molecule has 1 fully saturated rings. The molecule has 6 nitrogen and oxygen atoms in total. The fraction of sp³-hybridized carbons (Fsp3) is 0.316. The summed E-state index contributed by atoms with van der Waals surface area (Å²) in [6.45, 7) is 1.59. The van der Waals surface area contributed by atoms with Gasteiger partial charge in [0, 0.05) is 0 Å². The molecule has 130 valence electrons. The van der Waals surface area contributed by atoms with Crippen molar-refractivity contribution < 1.29 is 19.4 Å². The smallest absolute Gasteiger partial charge is 0.337 e. The van der Waals surface area contributed by atoms with E-state index in [0.29, 0.717) is 11.6 Å². The van der Waals surface area contributed by atoms with Gasteiger partial charge in [-0.3, -0.25) is 4.79 Å². The third-order valence-corrected chi connectivity index (χ3v) is 4.40. The van der Waals surface area contributed by atoms with Gasteiger partial charge in [0.05, 0.1) is 24.4 Å². The van der Waals surface area contributed by atoms with Gasteiger partial charge in [0.2, 0.25) is 0 Å². The number of ether oxygens (including phenoxy) is 1. The Balaban J connectivity index is 1.79. The minimum absolute atomic E-state index is 0.0836. The highest BCUT2D eigenvalue weighted by molar-refractivity contribution is 5.94. The van der Waals surface area contributed by atoms with Crippen molar-refractivity contribution in [2.24, 2.45) is 5.92 Å². The van der Waals surface area contributed by atoms with Crippen molar-refractivity contribution in [1.29, 1.82) is 0 Å². The van der Waals surface area contributed by atoms with E-state index in [1.54, 1.807) is 14.0 Å². The fourth-order valence-corrected chi connectivity index (χ4v) is 2.84. The second-order valence-electron chi connectivity index (χ2n) is 6.20. The number of carbonyl (C=O) groups is 2. The maximum Gasteiger partial charge on any atom is 0.337 e. The van der Waals surface area contributed by atoms with Gasteiger partial charge in [0.15, 0.2) is 0 Å². The lowest BCUT2D eigenvalue weighted by Crippen LogP contribution is -2.30. The van der Waals surface area contributed by atoms with Crippen LogP contribution in [-0.4, -0.2) is 29.1 Å². The first-order chi connectivity index (χ1) is 12.0. The Kier molecular flexibility index (Phi) is 4.70. The average molecular weight is 340 g/mol. The molecule has 1 unspecified atom stereocenters. The first-order valence-corrected chi connectivity index (χ1v) is 8.15. The molecular weight excluding hydrogens is 320 g/mol. The lowest BCUT2D eigenvalue weighted by Gasteiger charge is -2.19. The quantitative estimate of drug-likeness (QED) is 0.844. The van der Waals surface area contributed by atoms with Crippen LogP contribution in [-0.2, 0) is 0 Å². The molecule has 0 bridgehead atoms. The molecule has 1 aromatic carbocycles. The second-order valence-corrected chi connectivity index (χ2v) is 6.20. The molecule has 1 atom stereocenters. The number of pyridine rings is 1. The van der Waals surface area contributed by atoms with Gasteiger partial charge >= 0.3 is 5.97 Å². The van der Waals surface area contributed by atoms with Crippen molar-refractivity contribution in [2.75, 3.05) is 7.11 Å². The Morgan fingerprint density at radius 1 is 1.20 bits per heavy atom. The molecule has 2 N–H and O–H groups in total. The molecule has 25 heavy (non-hydrogen) atoms. The molecule has 0 aliphatic heterocycles. The molecular formula is C19H20N2O4. The Morgan fingerprint density at radius 2 is 1.88 bits per heavy atom. The van der Waals surface area contributed by atoms with Crippen LogP contribution >= 0.6 is 0 Å². The third-order valence-electron chi connectivity index (χ3n) is 4.40. The van der Waals surface area contributed by atoms with Crippen molar-refractivity contribution in [3.8, 4) is 5.75 Å². The zero-order chi connectivity index (χ0) is 18.0. The van der Waals surface area contributed by atoms with Crippen LogP contribution in [0.15, 0.2) is 36.4 Å². The van der Waals surface area contributed by atoms with E-state index in [4.69, 9.17) is 9.84 Å². The van der Waals surface area contributed by atoms with E-state index in [1.807, 2.05) is 24.3 Å². The van der Waals surface area contributed by atoms with Crippen LogP contribution in [0.25, 0.3) is 0 Å². The number of methoxy groups -OCH3 is 1. The summed E-state index contributed by atoms with van der Waals surface area (Å²) in [5.41, 5.74) is 1.68. The Labute approximate surface area is 145 Å². The summed E-state index contributed by atoms with van der Waals surface area (Å²) in [4.78, 5) is 27.8. The molecule has 1 aromatic heterocycles. The van der Waals surface area contributed by atoms with Crippen molar-refractivity contribution in [1.82, 2.24) is 10.3 Å². The molecule has 0 saturated heterocycles. The van der Waals surface area contributed by atoms with Gasteiger partial charge in [-0.2, -0.15) is 0 Å². The fourth-order valence-electron chi connectivity index (χ4n) is 2.84. The second kappa shape index (κ2) is 6.93. The minimum atomic E-state index is -1.05. The summed E-state index contributed by atoms with van der Waals surface area (Å²) in [5.74, 6) is -0.165. The molecule has 1 saturated carbocycles. The molecule has 3 rings (SSSR count). The molecule has 2 aromatic rings. The summed E-state index contributed by atoms with van der Waals surface area (Å²) in [7, 11) is 1.62. The Bertz CT molecular complexity index is 798. The lowest BCUT2D eigenvalue weighted by molar-refractivity contribution is 0.0694. The first kappa shape index (κ1) is 17.0. The molecule has 0 radical (unpaired) electrons. The van der Waals surface area contributed by atoms with Gasteiger partial charge in [-0.15, -0.1) is 0 Å². The van der Waals surface area contributed by atoms with Crippen molar-refractivity contribution in [2.45, 2.75) is 25.8 Å². The number of carbonyl (C=O) groups excluding carboxylic acids is 1. The number of hydrogen-bond donors (Lipinski definition) is 2. The summed E-state index contributed by atoms with van der Waals surface area (Å²) in [5, 5.41) is 12.1. The van der Waals surface area contributed by atoms with E-state index in [1.165, 1.54) is 12.1 Å². The van der Waals surface area contributed by atoms with Crippen LogP contribution in [0.4, 0.5) is 0 Å². The largest absolute Gasteiger partial charge is 0.497 e. The molecule has 0 spiro atoms. The zero-order valence-corrected chi connectivity index (χ0v) is 14.2.